The molecule has 3 heterocycles. The third-order valence-corrected chi connectivity index (χ3v) is 16.7. The Morgan fingerprint density at radius 2 is 0.811 bits per heavy atom. The minimum Gasteiger partial charge on any atom is -0.457 e. The average Bonchev–Trinajstić information content (AvgIpc) is 4.06. The Labute approximate surface area is 432 Å². The highest BCUT2D eigenvalue weighted by atomic mass is 16.5. The largest absolute Gasteiger partial charge is 0.457 e. The van der Waals surface area contributed by atoms with E-state index in [0.29, 0.717) is 0 Å². The molecule has 0 saturated heterocycles. The molecule has 2 aliphatic heterocycles. The summed E-state index contributed by atoms with van der Waals surface area (Å²) in [6.45, 7) is 13.8. The lowest BCUT2D eigenvalue weighted by Crippen LogP contribution is -2.33. The molecule has 0 atom stereocenters. The van der Waals surface area contributed by atoms with Crippen LogP contribution in [0, 0.1) is 0 Å². The number of para-hydroxylation sites is 2. The zero-order chi connectivity index (χ0) is 49.9. The third kappa shape index (κ3) is 5.63. The maximum absolute atomic E-state index is 7.07. The van der Waals surface area contributed by atoms with Crippen molar-refractivity contribution in [3.63, 3.8) is 0 Å². The first kappa shape index (κ1) is 43.0. The zero-order valence-electron chi connectivity index (χ0n) is 42.4. The quantitative estimate of drug-likeness (QED) is 0.177. The van der Waals surface area contributed by atoms with Gasteiger partial charge in [-0.2, -0.15) is 0 Å². The molecule has 0 saturated carbocycles. The normalized spacial score (nSPS) is 14.8. The van der Waals surface area contributed by atoms with Gasteiger partial charge in [0.1, 0.15) is 34.2 Å². The van der Waals surface area contributed by atoms with E-state index in [2.05, 4.69) is 259 Å². The summed E-state index contributed by atoms with van der Waals surface area (Å²) >= 11 is 0. The van der Waals surface area contributed by atoms with Gasteiger partial charge in [-0.25, -0.2) is 0 Å². The van der Waals surface area contributed by atoms with Crippen LogP contribution in [-0.2, 0) is 21.7 Å². The average molecular weight is 956 g/mol. The minimum atomic E-state index is -0.720. The second kappa shape index (κ2) is 15.0. The van der Waals surface area contributed by atoms with E-state index in [1.165, 1.54) is 55.6 Å². The summed E-state index contributed by atoms with van der Waals surface area (Å²) in [5.74, 6) is 3.47. The van der Waals surface area contributed by atoms with E-state index in [1.54, 1.807) is 0 Å². The lowest BCUT2D eigenvalue weighted by molar-refractivity contribution is 0.433. The van der Waals surface area contributed by atoms with Crippen LogP contribution in [0.4, 0.5) is 17.1 Å². The van der Waals surface area contributed by atoms with Gasteiger partial charge in [-0.05, 0) is 134 Å². The molecule has 0 fully saturated rings. The Kier molecular flexibility index (Phi) is 8.72. The van der Waals surface area contributed by atoms with E-state index in [-0.39, 0.29) is 10.8 Å². The Morgan fingerprint density at radius 1 is 0.351 bits per heavy atom. The fourth-order valence-electron chi connectivity index (χ4n) is 13.4. The van der Waals surface area contributed by atoms with Crippen LogP contribution < -0.4 is 14.4 Å². The zero-order valence-corrected chi connectivity index (χ0v) is 42.4. The first-order chi connectivity index (χ1) is 36.0. The summed E-state index contributed by atoms with van der Waals surface area (Å²) in [6.07, 6.45) is 0. The summed E-state index contributed by atoms with van der Waals surface area (Å²) in [5, 5.41) is 2.12. The van der Waals surface area contributed by atoms with Gasteiger partial charge in [0.25, 0.3) is 0 Å². The molecule has 2 aliphatic carbocycles. The number of rotatable bonds is 3. The lowest BCUT2D eigenvalue weighted by atomic mass is 9.64. The van der Waals surface area contributed by atoms with Crippen molar-refractivity contribution < 1.29 is 13.9 Å². The molecule has 1 aromatic heterocycles. The van der Waals surface area contributed by atoms with E-state index >= 15 is 0 Å². The van der Waals surface area contributed by atoms with Crippen LogP contribution >= 0.6 is 0 Å². The van der Waals surface area contributed by atoms with Crippen LogP contribution in [-0.4, -0.2) is 0 Å². The van der Waals surface area contributed by atoms with Crippen molar-refractivity contribution in [3.05, 3.63) is 268 Å². The molecule has 10 aromatic carbocycles. The van der Waals surface area contributed by atoms with Crippen molar-refractivity contribution in [2.24, 2.45) is 0 Å². The topological polar surface area (TPSA) is 34.8 Å². The lowest BCUT2D eigenvalue weighted by Gasteiger charge is -2.41. The van der Waals surface area contributed by atoms with E-state index in [9.17, 15) is 0 Å². The van der Waals surface area contributed by atoms with Crippen LogP contribution in [0.3, 0.4) is 0 Å². The third-order valence-electron chi connectivity index (χ3n) is 16.7. The molecule has 4 aliphatic rings. The van der Waals surface area contributed by atoms with Gasteiger partial charge in [-0.15, -0.1) is 0 Å². The van der Waals surface area contributed by atoms with E-state index in [1.807, 2.05) is 0 Å². The van der Waals surface area contributed by atoms with E-state index in [4.69, 9.17) is 13.9 Å². The number of benzene rings is 10. The second-order valence-corrected chi connectivity index (χ2v) is 22.7. The van der Waals surface area contributed by atoms with Gasteiger partial charge >= 0.3 is 0 Å². The van der Waals surface area contributed by atoms with Crippen LogP contribution in [0.5, 0.6) is 23.0 Å². The maximum atomic E-state index is 7.07. The van der Waals surface area contributed by atoms with Gasteiger partial charge < -0.3 is 18.8 Å². The van der Waals surface area contributed by atoms with Gasteiger partial charge in [0.2, 0.25) is 0 Å². The molecule has 2 spiro atoms. The molecule has 4 heteroatoms. The van der Waals surface area contributed by atoms with Gasteiger partial charge in [0, 0.05) is 38.9 Å². The molecule has 0 amide bonds. The Balaban J connectivity index is 1.07. The summed E-state index contributed by atoms with van der Waals surface area (Å²) in [4.78, 5) is 2.51. The Morgan fingerprint density at radius 3 is 1.46 bits per heavy atom. The van der Waals surface area contributed by atoms with Gasteiger partial charge in [-0.1, -0.05) is 181 Å². The van der Waals surface area contributed by atoms with Crippen molar-refractivity contribution in [2.75, 3.05) is 4.90 Å². The smallest absolute Gasteiger partial charge is 0.137 e. The number of ether oxygens (including phenoxy) is 2. The predicted octanol–water partition coefficient (Wildman–Crippen LogP) is 18.6. The van der Waals surface area contributed by atoms with E-state index < -0.39 is 10.8 Å². The molecule has 0 bridgehead atoms. The van der Waals surface area contributed by atoms with Crippen molar-refractivity contribution >= 4 is 39.0 Å². The number of hydrogen-bond acceptors (Lipinski definition) is 4. The molecule has 0 unspecified atom stereocenters. The highest BCUT2D eigenvalue weighted by Gasteiger charge is 2.54. The number of furan rings is 1. The van der Waals surface area contributed by atoms with Crippen molar-refractivity contribution in [1.29, 1.82) is 0 Å². The van der Waals surface area contributed by atoms with Crippen LogP contribution in [0.2, 0.25) is 0 Å². The molecule has 356 valence electrons. The molecular formula is C70H53NO3. The monoisotopic (exact) mass is 955 g/mol. The summed E-state index contributed by atoms with van der Waals surface area (Å²) in [6, 6.07) is 78.3. The van der Waals surface area contributed by atoms with E-state index in [0.717, 1.165) is 84.3 Å². The van der Waals surface area contributed by atoms with Crippen molar-refractivity contribution in [1.82, 2.24) is 0 Å². The van der Waals surface area contributed by atoms with Gasteiger partial charge in [0.05, 0.1) is 27.6 Å². The number of hydrogen-bond donors (Lipinski definition) is 0. The van der Waals surface area contributed by atoms with Crippen LogP contribution in [0.1, 0.15) is 97.2 Å². The molecule has 4 nitrogen and oxygen atoms in total. The number of anilines is 3. The molecule has 11 aromatic rings. The number of nitrogens with zero attached hydrogens (tertiary/aromatic N) is 1. The standard InChI is InChI=1S/C70H53NO3/c1-67(2,3)42-33-36-61-54(39-42)70(55-40-43(68(4,5)6)34-37-62(55)74-61)51-25-13-9-21-47(51)65-53(70)27-17-28-57(65)71(58-29-18-32-64-66(58)48-22-10-15-30-59(48)72-64)44-35-38-63-56(41-44)69(52-26-14-16-31-60(52)73-63)49-23-11-7-19-45(49)46-20-8-12-24-50(46)69/h7-41H,1-6H3. The first-order valence-electron chi connectivity index (χ1n) is 26.0. The Bertz CT molecular complexity index is 4090. The Hall–Kier alpha value is -8.60. The van der Waals surface area contributed by atoms with Crippen molar-refractivity contribution in [2.45, 2.75) is 63.2 Å². The molecule has 0 radical (unpaired) electrons. The summed E-state index contributed by atoms with van der Waals surface area (Å²) < 4.78 is 20.8. The summed E-state index contributed by atoms with van der Waals surface area (Å²) in [5.41, 5.74) is 20.1. The molecule has 74 heavy (non-hydrogen) atoms. The number of fused-ring (bicyclic) bond motifs is 21. The van der Waals surface area contributed by atoms with Gasteiger partial charge in [-0.3, -0.25) is 0 Å². The van der Waals surface area contributed by atoms with Crippen LogP contribution in [0.15, 0.2) is 217 Å². The van der Waals surface area contributed by atoms with Gasteiger partial charge in [0.15, 0.2) is 0 Å². The molecule has 0 N–H and O–H groups in total. The summed E-state index contributed by atoms with van der Waals surface area (Å²) in [7, 11) is 0. The fourth-order valence-corrected chi connectivity index (χ4v) is 13.4. The highest BCUT2D eigenvalue weighted by Crippen LogP contribution is 2.67. The molecular weight excluding hydrogens is 903 g/mol. The highest BCUT2D eigenvalue weighted by molar-refractivity contribution is 6.14. The maximum Gasteiger partial charge on any atom is 0.137 e. The minimum absolute atomic E-state index is 0.107. The predicted molar refractivity (Wildman–Crippen MR) is 301 cm³/mol. The van der Waals surface area contributed by atoms with Crippen molar-refractivity contribution in [3.8, 4) is 45.3 Å². The second-order valence-electron chi connectivity index (χ2n) is 22.7. The SMILES string of the molecule is CC(C)(C)c1ccc2c(c1)C1(c3cc(C(C)(C)C)ccc3O2)c2ccccc2-c2c(N(c3ccc4c(c3)C3(c5ccccc5O4)c4ccccc4-c4ccccc43)c3cccc4oc5ccccc5c34)cccc21. The molecule has 15 rings (SSSR count). The van der Waals surface area contributed by atoms with Crippen LogP contribution in [0.25, 0.3) is 44.2 Å². The fraction of sp³-hybridized carbons (Fsp3) is 0.143. The first-order valence-corrected chi connectivity index (χ1v) is 26.0.